The van der Waals surface area contributed by atoms with Crippen LogP contribution in [0.2, 0.25) is 0 Å². The lowest BCUT2D eigenvalue weighted by molar-refractivity contribution is 0.596. The molecule has 0 spiro atoms. The summed E-state index contributed by atoms with van der Waals surface area (Å²) in [5.41, 5.74) is 26.3. The van der Waals surface area contributed by atoms with Crippen LogP contribution in [0.3, 0.4) is 0 Å². The van der Waals surface area contributed by atoms with Crippen LogP contribution < -0.4 is 4.90 Å². The normalized spacial score (nSPS) is 14.7. The van der Waals surface area contributed by atoms with Gasteiger partial charge in [-0.2, -0.15) is 0 Å². The van der Waals surface area contributed by atoms with E-state index in [-0.39, 0.29) is 10.8 Å². The highest BCUT2D eigenvalue weighted by Crippen LogP contribution is 2.66. The van der Waals surface area contributed by atoms with Gasteiger partial charge in [0.1, 0.15) is 0 Å². The largest absolute Gasteiger partial charge is 0.308 e. The van der Waals surface area contributed by atoms with E-state index in [1.165, 1.54) is 117 Å². The molecule has 0 N–H and O–H groups in total. The number of hydrogen-bond acceptors (Lipinski definition) is 1. The van der Waals surface area contributed by atoms with Crippen LogP contribution in [0.25, 0.3) is 75.4 Å². The maximum Gasteiger partial charge on any atom is 0.0581 e. The Morgan fingerprint density at radius 1 is 0.304 bits per heavy atom. The van der Waals surface area contributed by atoms with Gasteiger partial charge in [0.05, 0.1) is 17.1 Å². The molecule has 12 rings (SSSR count). The second kappa shape index (κ2) is 16.5. The number of nitrogens with zero attached hydrogens (tertiary/aromatic N) is 1. The van der Waals surface area contributed by atoms with Crippen molar-refractivity contribution < 1.29 is 0 Å². The fraction of sp³-hybridized carbons (Fsp3) is 0.0882. The molecule has 1 heteroatoms. The van der Waals surface area contributed by atoms with Gasteiger partial charge in [-0.15, -0.1) is 0 Å². The van der Waals surface area contributed by atoms with Crippen molar-refractivity contribution in [1.29, 1.82) is 0 Å². The monoisotopic (exact) mass is 883 g/mol. The summed E-state index contributed by atoms with van der Waals surface area (Å²) in [7, 11) is 0. The van der Waals surface area contributed by atoms with Crippen LogP contribution in [0.15, 0.2) is 207 Å². The highest BCUT2D eigenvalue weighted by atomic mass is 15.2. The van der Waals surface area contributed by atoms with Crippen LogP contribution in [-0.4, -0.2) is 0 Å². The van der Waals surface area contributed by atoms with Crippen molar-refractivity contribution in [2.24, 2.45) is 0 Å². The molecule has 0 unspecified atom stereocenters. The molecule has 9 aromatic carbocycles. The summed E-state index contributed by atoms with van der Waals surface area (Å²) < 4.78 is 0. The highest BCUT2D eigenvalue weighted by Gasteiger charge is 2.49. The second-order valence-corrected chi connectivity index (χ2v) is 19.9. The molecule has 330 valence electrons. The predicted molar refractivity (Wildman–Crippen MR) is 296 cm³/mol. The molecule has 0 aromatic heterocycles. The van der Waals surface area contributed by atoms with Gasteiger partial charge in [-0.1, -0.05) is 235 Å². The molecule has 1 nitrogen and oxygen atoms in total. The minimum absolute atomic E-state index is 0.324. The van der Waals surface area contributed by atoms with Gasteiger partial charge in [0.25, 0.3) is 0 Å². The Bertz CT molecular complexity index is 3360. The molecular weight excluding hydrogens is 831 g/mol. The molecule has 0 saturated carbocycles. The summed E-state index contributed by atoms with van der Waals surface area (Å²) in [6.07, 6.45) is 13.1. The van der Waals surface area contributed by atoms with Crippen LogP contribution in [-0.2, 0) is 10.8 Å². The molecule has 0 atom stereocenters. The van der Waals surface area contributed by atoms with Crippen molar-refractivity contribution in [3.05, 3.63) is 274 Å². The van der Waals surface area contributed by atoms with Crippen LogP contribution in [0, 0.1) is 0 Å². The van der Waals surface area contributed by atoms with E-state index < -0.39 is 0 Å². The van der Waals surface area contributed by atoms with Gasteiger partial charge in [-0.25, -0.2) is 0 Å². The fourth-order valence-corrected chi connectivity index (χ4v) is 10.9. The van der Waals surface area contributed by atoms with Crippen LogP contribution in [0.4, 0.5) is 17.1 Å². The molecule has 0 fully saturated rings. The predicted octanol–water partition coefficient (Wildman–Crippen LogP) is 18.3. The number of anilines is 3. The van der Waals surface area contributed by atoms with E-state index in [0.29, 0.717) is 0 Å². The van der Waals surface area contributed by atoms with Crippen molar-refractivity contribution in [3.8, 4) is 33.4 Å². The Labute approximate surface area is 407 Å². The molecule has 0 radical (unpaired) electrons. The molecule has 0 amide bonds. The number of benzene rings is 9. The lowest BCUT2D eigenvalue weighted by Gasteiger charge is -2.53. The summed E-state index contributed by atoms with van der Waals surface area (Å²) in [5.74, 6) is 0. The van der Waals surface area contributed by atoms with Crippen molar-refractivity contribution >= 4 is 59.1 Å². The maximum atomic E-state index is 4.99. The zero-order valence-electron chi connectivity index (χ0n) is 39.7. The maximum absolute atomic E-state index is 4.99. The van der Waals surface area contributed by atoms with E-state index >= 15 is 0 Å². The smallest absolute Gasteiger partial charge is 0.0581 e. The Morgan fingerprint density at radius 3 is 0.870 bits per heavy atom. The van der Waals surface area contributed by atoms with Crippen LogP contribution in [0.5, 0.6) is 0 Å². The molecule has 0 aliphatic carbocycles. The molecule has 0 saturated heterocycles. The minimum atomic E-state index is -0.324. The van der Waals surface area contributed by atoms with E-state index in [1.54, 1.807) is 0 Å². The summed E-state index contributed by atoms with van der Waals surface area (Å²) in [6.45, 7) is 14.7. The van der Waals surface area contributed by atoms with Gasteiger partial charge in [0.2, 0.25) is 0 Å². The van der Waals surface area contributed by atoms with E-state index in [1.807, 2.05) is 0 Å². The van der Waals surface area contributed by atoms with Crippen LogP contribution in [0.1, 0.15) is 94.5 Å². The van der Waals surface area contributed by atoms with E-state index in [4.69, 9.17) is 6.58 Å². The summed E-state index contributed by atoms with van der Waals surface area (Å²) in [5, 5.41) is 0. The fourth-order valence-electron chi connectivity index (χ4n) is 10.9. The van der Waals surface area contributed by atoms with Crippen molar-refractivity contribution in [2.75, 3.05) is 4.90 Å². The Kier molecular flexibility index (Phi) is 10.1. The van der Waals surface area contributed by atoms with E-state index in [9.17, 15) is 0 Å². The molecule has 3 aliphatic heterocycles. The van der Waals surface area contributed by atoms with E-state index in [2.05, 4.69) is 269 Å². The van der Waals surface area contributed by atoms with Gasteiger partial charge in [-0.05, 0) is 131 Å². The van der Waals surface area contributed by atoms with Gasteiger partial charge in [-0.3, -0.25) is 0 Å². The molecular formula is C68H53N. The summed E-state index contributed by atoms with van der Waals surface area (Å²) in [6, 6.07) is 73.3. The van der Waals surface area contributed by atoms with Crippen molar-refractivity contribution in [1.82, 2.24) is 0 Å². The summed E-state index contributed by atoms with van der Waals surface area (Å²) in [4.78, 5) is 2.63. The third-order valence-electron chi connectivity index (χ3n) is 14.9. The van der Waals surface area contributed by atoms with Crippen LogP contribution >= 0.6 is 0 Å². The quantitative estimate of drug-likeness (QED) is 0.131. The lowest BCUT2D eigenvalue weighted by atomic mass is 9.62. The standard InChI is InChI=1S/C68H53N/c1-45-58-39-55(52-33-27-49(28-34-52)24-21-46-15-9-6-10-16-46)41-60-64(58)69-65-59(45)40-56(53-35-29-50(30-36-53)25-22-47-17-11-7-12-18-47)42-61(65)68(4,5)63-44-57(43-62(66(63)69)67(60,2)3)54-37-31-51(32-38-54)26-23-48-19-13-8-14-20-48/h6-44H,1H2,2-5H3/b24-21+,25-22+,26-23+. The first-order chi connectivity index (χ1) is 33.6. The molecule has 3 aliphatic rings. The SMILES string of the molecule is C=C1c2cc(-c3ccc(/C=C/c4ccccc4)cc3)cc3c2N2c4c1cc(-c1ccc(/C=C/c5ccccc5)cc1)cc4C(C)(C)c1cc(-c4ccc(/C=C/c5ccccc5)cc4)cc(c12)C3(C)C. The third kappa shape index (κ3) is 7.34. The van der Waals surface area contributed by atoms with Crippen molar-refractivity contribution in [3.63, 3.8) is 0 Å². The molecule has 69 heavy (non-hydrogen) atoms. The first kappa shape index (κ1) is 42.1. The first-order valence-electron chi connectivity index (χ1n) is 24.2. The third-order valence-corrected chi connectivity index (χ3v) is 14.9. The second-order valence-electron chi connectivity index (χ2n) is 19.9. The molecule has 9 aromatic rings. The highest BCUT2D eigenvalue weighted by molar-refractivity contribution is 6.09. The lowest BCUT2D eigenvalue weighted by Crippen LogP contribution is -2.40. The molecule has 0 bridgehead atoms. The minimum Gasteiger partial charge on any atom is -0.308 e. The Morgan fingerprint density at radius 2 is 0.565 bits per heavy atom. The van der Waals surface area contributed by atoms with E-state index in [0.717, 1.165) is 5.57 Å². The van der Waals surface area contributed by atoms with Gasteiger partial charge >= 0.3 is 0 Å². The van der Waals surface area contributed by atoms with Gasteiger partial charge in [0, 0.05) is 22.0 Å². The Hall–Kier alpha value is -8.26. The van der Waals surface area contributed by atoms with Gasteiger partial charge < -0.3 is 4.90 Å². The van der Waals surface area contributed by atoms with Crippen molar-refractivity contribution in [2.45, 2.75) is 38.5 Å². The zero-order chi connectivity index (χ0) is 46.9. The average Bonchev–Trinajstić information content (AvgIpc) is 3.39. The number of rotatable bonds is 9. The topological polar surface area (TPSA) is 3.24 Å². The average molecular weight is 884 g/mol. The Balaban J connectivity index is 1.01. The zero-order valence-corrected chi connectivity index (χ0v) is 39.7. The number of hydrogen-bond donors (Lipinski definition) is 0. The molecule has 3 heterocycles. The summed E-state index contributed by atoms with van der Waals surface area (Å²) >= 11 is 0. The van der Waals surface area contributed by atoms with Gasteiger partial charge in [0.15, 0.2) is 0 Å². The first-order valence-corrected chi connectivity index (χ1v) is 24.2.